The van der Waals surface area contributed by atoms with E-state index in [0.717, 1.165) is 42.9 Å². The Kier molecular flexibility index (Phi) is 4.80. The van der Waals surface area contributed by atoms with Crippen molar-refractivity contribution in [3.63, 3.8) is 0 Å². The Hall–Kier alpha value is -2.02. The van der Waals surface area contributed by atoms with E-state index in [-0.39, 0.29) is 5.25 Å². The second-order valence-corrected chi connectivity index (χ2v) is 8.65. The van der Waals surface area contributed by atoms with Crippen LogP contribution < -0.4 is 5.32 Å². The highest BCUT2D eigenvalue weighted by molar-refractivity contribution is 7.91. The molecule has 6 nitrogen and oxygen atoms in total. The zero-order valence-corrected chi connectivity index (χ0v) is 14.8. The van der Waals surface area contributed by atoms with Gasteiger partial charge < -0.3 is 5.32 Å². The Labute approximate surface area is 142 Å². The normalized spacial score (nSPS) is 20.4. The smallest absolute Gasteiger partial charge is 0.161 e. The topological polar surface area (TPSA) is 84.8 Å². The van der Waals surface area contributed by atoms with Crippen molar-refractivity contribution in [2.45, 2.75) is 31.4 Å². The molecular formula is C17H22N4O2S. The third kappa shape index (κ3) is 3.90. The molecule has 1 aliphatic carbocycles. The molecule has 0 aromatic carbocycles. The molecule has 0 spiro atoms. The predicted molar refractivity (Wildman–Crippen MR) is 94.5 cm³/mol. The number of hydrogen-bond acceptors (Lipinski definition) is 6. The minimum absolute atomic E-state index is 0.173. The molecule has 1 aliphatic rings. The van der Waals surface area contributed by atoms with Gasteiger partial charge in [-0.05, 0) is 37.3 Å². The van der Waals surface area contributed by atoms with Crippen molar-refractivity contribution in [3.8, 4) is 11.4 Å². The average molecular weight is 346 g/mol. The van der Waals surface area contributed by atoms with Crippen LogP contribution in [0.15, 0.2) is 30.6 Å². The van der Waals surface area contributed by atoms with E-state index in [4.69, 9.17) is 0 Å². The van der Waals surface area contributed by atoms with Gasteiger partial charge in [0.25, 0.3) is 0 Å². The molecule has 2 heterocycles. The number of nitrogens with one attached hydrogen (secondary N) is 1. The lowest BCUT2D eigenvalue weighted by atomic mass is 9.85. The van der Waals surface area contributed by atoms with Crippen LogP contribution in [-0.2, 0) is 16.3 Å². The van der Waals surface area contributed by atoms with Crippen molar-refractivity contribution in [2.75, 3.05) is 18.1 Å². The summed E-state index contributed by atoms with van der Waals surface area (Å²) in [6, 6.07) is 5.74. The molecule has 0 bridgehead atoms. The second-order valence-electron chi connectivity index (χ2n) is 6.33. The van der Waals surface area contributed by atoms with Gasteiger partial charge in [0.2, 0.25) is 0 Å². The van der Waals surface area contributed by atoms with E-state index in [1.54, 1.807) is 12.4 Å². The maximum absolute atomic E-state index is 11.5. The molecule has 0 aliphatic heterocycles. The largest absolute Gasteiger partial charge is 0.370 e. The fourth-order valence-corrected chi connectivity index (χ4v) is 4.08. The summed E-state index contributed by atoms with van der Waals surface area (Å²) < 4.78 is 22.9. The summed E-state index contributed by atoms with van der Waals surface area (Å²) >= 11 is 0. The Bertz CT molecular complexity index is 803. The highest BCUT2D eigenvalue weighted by Crippen LogP contribution is 2.32. The molecule has 2 aromatic heterocycles. The highest BCUT2D eigenvalue weighted by atomic mass is 32.2. The van der Waals surface area contributed by atoms with Crippen molar-refractivity contribution in [1.29, 1.82) is 0 Å². The number of sulfone groups is 1. The van der Waals surface area contributed by atoms with E-state index in [9.17, 15) is 8.42 Å². The predicted octanol–water partition coefficient (Wildman–Crippen LogP) is 2.34. The lowest BCUT2D eigenvalue weighted by Crippen LogP contribution is -2.38. The first-order valence-corrected chi connectivity index (χ1v) is 10.1. The van der Waals surface area contributed by atoms with Crippen LogP contribution in [0.2, 0.25) is 0 Å². The number of hydrogen-bond donors (Lipinski definition) is 1. The van der Waals surface area contributed by atoms with Crippen LogP contribution in [0.25, 0.3) is 11.4 Å². The van der Waals surface area contributed by atoms with Crippen LogP contribution in [-0.4, -0.2) is 41.4 Å². The summed E-state index contributed by atoms with van der Waals surface area (Å²) in [5, 5.41) is 3.17. The summed E-state index contributed by atoms with van der Waals surface area (Å²) in [5.41, 5.74) is 1.91. The van der Waals surface area contributed by atoms with Gasteiger partial charge in [0.05, 0.1) is 5.25 Å². The molecule has 1 saturated carbocycles. The van der Waals surface area contributed by atoms with E-state index in [1.807, 2.05) is 18.2 Å². The van der Waals surface area contributed by atoms with Crippen LogP contribution in [0.3, 0.4) is 0 Å². The van der Waals surface area contributed by atoms with E-state index >= 15 is 0 Å². The lowest BCUT2D eigenvalue weighted by Gasteiger charge is -2.34. The third-order valence-corrected chi connectivity index (χ3v) is 6.05. The van der Waals surface area contributed by atoms with E-state index in [0.29, 0.717) is 11.7 Å². The standard InChI is InChI=1S/C17H22N4O2S/c1-3-14-10-16(19-11-12-8-15(9-12)24(2,22)23)21-17(20-14)13-4-6-18-7-5-13/h4-7,10,12,15H,3,8-9,11H2,1-2H3,(H,19,20,21). The summed E-state index contributed by atoms with van der Waals surface area (Å²) in [6.07, 6.45) is 7.06. The van der Waals surface area contributed by atoms with E-state index < -0.39 is 9.84 Å². The summed E-state index contributed by atoms with van der Waals surface area (Å²) in [4.78, 5) is 13.2. The number of aryl methyl sites for hydroxylation is 1. The van der Waals surface area contributed by atoms with Gasteiger partial charge in [-0.2, -0.15) is 0 Å². The summed E-state index contributed by atoms with van der Waals surface area (Å²) in [5.74, 6) is 1.85. The number of aromatic nitrogens is 3. The third-order valence-electron chi connectivity index (χ3n) is 4.45. The molecule has 0 amide bonds. The Balaban J connectivity index is 1.68. The van der Waals surface area contributed by atoms with Crippen LogP contribution in [0.4, 0.5) is 5.82 Å². The SMILES string of the molecule is CCc1cc(NCC2CC(S(C)(=O)=O)C2)nc(-c2ccncc2)n1. The molecule has 1 N–H and O–H groups in total. The van der Waals surface area contributed by atoms with Gasteiger partial charge in [0.1, 0.15) is 15.7 Å². The van der Waals surface area contributed by atoms with Crippen LogP contribution in [0.5, 0.6) is 0 Å². The molecule has 0 atom stereocenters. The lowest BCUT2D eigenvalue weighted by molar-refractivity contribution is 0.333. The first kappa shape index (κ1) is 16.8. The Morgan fingerprint density at radius 2 is 1.92 bits per heavy atom. The molecule has 3 rings (SSSR count). The summed E-state index contributed by atoms with van der Waals surface area (Å²) in [6.45, 7) is 2.80. The fraction of sp³-hybridized carbons (Fsp3) is 0.471. The Morgan fingerprint density at radius 1 is 1.21 bits per heavy atom. The summed E-state index contributed by atoms with van der Waals surface area (Å²) in [7, 11) is -2.89. The first-order chi connectivity index (χ1) is 11.5. The Morgan fingerprint density at radius 3 is 2.54 bits per heavy atom. The zero-order valence-electron chi connectivity index (χ0n) is 13.9. The number of anilines is 1. The molecular weight excluding hydrogens is 324 g/mol. The average Bonchev–Trinajstić information content (AvgIpc) is 2.52. The molecule has 0 saturated heterocycles. The number of nitrogens with zero attached hydrogens (tertiary/aromatic N) is 3. The molecule has 0 radical (unpaired) electrons. The molecule has 1 fully saturated rings. The molecule has 128 valence electrons. The van der Waals surface area contributed by atoms with Crippen molar-refractivity contribution < 1.29 is 8.42 Å². The molecule has 0 unspecified atom stereocenters. The van der Waals surface area contributed by atoms with Crippen molar-refractivity contribution in [3.05, 3.63) is 36.3 Å². The van der Waals surface area contributed by atoms with Crippen molar-refractivity contribution in [2.24, 2.45) is 5.92 Å². The second kappa shape index (κ2) is 6.84. The quantitative estimate of drug-likeness (QED) is 0.864. The molecule has 24 heavy (non-hydrogen) atoms. The zero-order chi connectivity index (χ0) is 17.2. The van der Waals surface area contributed by atoms with Gasteiger partial charge >= 0.3 is 0 Å². The fourth-order valence-electron chi connectivity index (χ4n) is 2.84. The van der Waals surface area contributed by atoms with Crippen molar-refractivity contribution >= 4 is 15.7 Å². The van der Waals surface area contributed by atoms with Crippen LogP contribution in [0, 0.1) is 5.92 Å². The van der Waals surface area contributed by atoms with Gasteiger partial charge in [0.15, 0.2) is 5.82 Å². The maximum Gasteiger partial charge on any atom is 0.161 e. The van der Waals surface area contributed by atoms with Gasteiger partial charge in [-0.25, -0.2) is 18.4 Å². The monoisotopic (exact) mass is 346 g/mol. The van der Waals surface area contributed by atoms with Crippen molar-refractivity contribution in [1.82, 2.24) is 15.0 Å². The number of pyridine rings is 1. The van der Waals surface area contributed by atoms with Crippen LogP contribution in [0.1, 0.15) is 25.5 Å². The number of rotatable bonds is 6. The van der Waals surface area contributed by atoms with Gasteiger partial charge in [-0.15, -0.1) is 0 Å². The minimum Gasteiger partial charge on any atom is -0.370 e. The highest BCUT2D eigenvalue weighted by Gasteiger charge is 2.35. The first-order valence-electron chi connectivity index (χ1n) is 8.16. The van der Waals surface area contributed by atoms with Gasteiger partial charge in [-0.3, -0.25) is 4.98 Å². The van der Waals surface area contributed by atoms with Gasteiger partial charge in [-0.1, -0.05) is 6.92 Å². The van der Waals surface area contributed by atoms with Gasteiger partial charge in [0, 0.05) is 42.5 Å². The van der Waals surface area contributed by atoms with E-state index in [2.05, 4.69) is 27.2 Å². The minimum atomic E-state index is -2.89. The van der Waals surface area contributed by atoms with Crippen LogP contribution >= 0.6 is 0 Å². The maximum atomic E-state index is 11.5. The molecule has 2 aromatic rings. The van der Waals surface area contributed by atoms with E-state index in [1.165, 1.54) is 6.26 Å². The molecule has 7 heteroatoms.